The Bertz CT molecular complexity index is 886. The van der Waals surface area contributed by atoms with Crippen LogP contribution in [-0.4, -0.2) is 37.2 Å². The van der Waals surface area contributed by atoms with Gasteiger partial charge >= 0.3 is 0 Å². The second-order valence-electron chi connectivity index (χ2n) is 7.32. The van der Waals surface area contributed by atoms with Crippen LogP contribution in [0, 0.1) is 0 Å². The molecule has 1 N–H and O–H groups in total. The summed E-state index contributed by atoms with van der Waals surface area (Å²) in [4.78, 5) is 39.9. The van der Waals surface area contributed by atoms with Crippen molar-refractivity contribution in [3.63, 3.8) is 0 Å². The van der Waals surface area contributed by atoms with Crippen molar-refractivity contribution in [1.82, 2.24) is 0 Å². The molecule has 152 valence electrons. The molecule has 6 nitrogen and oxygen atoms in total. The molecule has 29 heavy (non-hydrogen) atoms. The maximum Gasteiger partial charge on any atom is 0.226 e. The topological polar surface area (TPSA) is 69.7 Å². The van der Waals surface area contributed by atoms with Crippen molar-refractivity contribution in [1.29, 1.82) is 0 Å². The van der Waals surface area contributed by atoms with Crippen LogP contribution in [0.4, 0.5) is 17.1 Å². The van der Waals surface area contributed by atoms with Crippen molar-refractivity contribution in [2.45, 2.75) is 33.1 Å². The Balaban J connectivity index is 1.58. The highest BCUT2D eigenvalue weighted by Crippen LogP contribution is 2.22. The number of Topliss-reactive ketones (excluding diaryl/α,β-unsaturated/α-hetero) is 1. The van der Waals surface area contributed by atoms with Crippen LogP contribution in [0.2, 0.25) is 0 Å². The Hall–Kier alpha value is -3.15. The summed E-state index contributed by atoms with van der Waals surface area (Å²) in [6, 6.07) is 14.8. The molecular formula is C23H27N3O3. The Labute approximate surface area is 171 Å². The lowest BCUT2D eigenvalue weighted by molar-refractivity contribution is -0.117. The van der Waals surface area contributed by atoms with Gasteiger partial charge in [-0.25, -0.2) is 0 Å². The van der Waals surface area contributed by atoms with E-state index in [-0.39, 0.29) is 30.6 Å². The molecule has 0 aromatic heterocycles. The fourth-order valence-electron chi connectivity index (χ4n) is 3.53. The summed E-state index contributed by atoms with van der Waals surface area (Å²) in [7, 11) is 0. The van der Waals surface area contributed by atoms with Crippen LogP contribution in [0.25, 0.3) is 0 Å². The first kappa shape index (κ1) is 20.6. The minimum absolute atomic E-state index is 0.0644. The molecule has 1 aliphatic heterocycles. The number of nitrogens with one attached hydrogen (secondary N) is 1. The molecule has 0 radical (unpaired) electrons. The number of hydrogen-bond acceptors (Lipinski definition) is 4. The molecule has 1 fully saturated rings. The van der Waals surface area contributed by atoms with Crippen molar-refractivity contribution in [2.24, 2.45) is 0 Å². The van der Waals surface area contributed by atoms with Crippen molar-refractivity contribution >= 4 is 34.7 Å². The van der Waals surface area contributed by atoms with E-state index in [1.807, 2.05) is 24.3 Å². The second kappa shape index (κ2) is 9.37. The van der Waals surface area contributed by atoms with Crippen LogP contribution in [0.1, 0.15) is 43.5 Å². The number of hydrogen-bond donors (Lipinski definition) is 1. The minimum Gasteiger partial charge on any atom is -0.372 e. The Kier molecular flexibility index (Phi) is 6.65. The highest BCUT2D eigenvalue weighted by atomic mass is 16.2. The molecule has 3 rings (SSSR count). The van der Waals surface area contributed by atoms with Crippen LogP contribution < -0.4 is 15.1 Å². The van der Waals surface area contributed by atoms with Gasteiger partial charge in [0.25, 0.3) is 0 Å². The Morgan fingerprint density at radius 2 is 1.69 bits per heavy atom. The Morgan fingerprint density at radius 3 is 2.31 bits per heavy atom. The second-order valence-corrected chi connectivity index (χ2v) is 7.32. The summed E-state index contributed by atoms with van der Waals surface area (Å²) >= 11 is 0. The molecule has 2 aromatic carbocycles. The number of rotatable bonds is 7. The van der Waals surface area contributed by atoms with Gasteiger partial charge in [0.1, 0.15) is 0 Å². The zero-order chi connectivity index (χ0) is 20.8. The molecule has 0 bridgehead atoms. The van der Waals surface area contributed by atoms with Gasteiger partial charge in [0.2, 0.25) is 11.8 Å². The highest BCUT2D eigenvalue weighted by Gasteiger charge is 2.15. The molecule has 2 aromatic rings. The van der Waals surface area contributed by atoms with E-state index in [1.165, 1.54) is 37.3 Å². The predicted octanol–water partition coefficient (Wildman–Crippen LogP) is 3.87. The Morgan fingerprint density at radius 1 is 1.00 bits per heavy atom. The van der Waals surface area contributed by atoms with Crippen LogP contribution in [0.3, 0.4) is 0 Å². The van der Waals surface area contributed by atoms with Gasteiger partial charge in [0, 0.05) is 55.6 Å². The molecule has 0 atom stereocenters. The molecule has 1 heterocycles. The standard InChI is InChI=1S/C23H27N3O3/c1-17(27)19-6-5-7-22(16-19)26(18(2)28)15-12-23(29)24-20-8-10-21(11-9-20)25-13-3-4-14-25/h5-11,16H,3-4,12-15H2,1-2H3,(H,24,29). The lowest BCUT2D eigenvalue weighted by atomic mass is 10.1. The lowest BCUT2D eigenvalue weighted by Crippen LogP contribution is -2.32. The average Bonchev–Trinajstić information content (AvgIpc) is 3.23. The van der Waals surface area contributed by atoms with Gasteiger partial charge in [0.05, 0.1) is 0 Å². The molecule has 1 saturated heterocycles. The van der Waals surface area contributed by atoms with E-state index in [1.54, 1.807) is 24.3 Å². The van der Waals surface area contributed by atoms with Gasteiger partial charge in [-0.3, -0.25) is 14.4 Å². The van der Waals surface area contributed by atoms with Crippen LogP contribution in [0.15, 0.2) is 48.5 Å². The van der Waals surface area contributed by atoms with E-state index in [4.69, 9.17) is 0 Å². The molecule has 0 aliphatic carbocycles. The summed E-state index contributed by atoms with van der Waals surface area (Å²) in [5.74, 6) is -0.396. The predicted molar refractivity (Wildman–Crippen MR) is 116 cm³/mol. The third-order valence-electron chi connectivity index (χ3n) is 5.13. The molecule has 2 amide bonds. The summed E-state index contributed by atoms with van der Waals surface area (Å²) in [6.07, 6.45) is 2.61. The zero-order valence-electron chi connectivity index (χ0n) is 17.0. The van der Waals surface area contributed by atoms with Crippen LogP contribution in [-0.2, 0) is 9.59 Å². The fraction of sp³-hybridized carbons (Fsp3) is 0.348. The third kappa shape index (κ3) is 5.44. The van der Waals surface area contributed by atoms with Crippen molar-refractivity contribution in [2.75, 3.05) is 34.8 Å². The van der Waals surface area contributed by atoms with Crippen molar-refractivity contribution < 1.29 is 14.4 Å². The first-order valence-corrected chi connectivity index (χ1v) is 9.98. The molecule has 0 saturated carbocycles. The molecule has 1 aliphatic rings. The monoisotopic (exact) mass is 393 g/mol. The average molecular weight is 393 g/mol. The van der Waals surface area contributed by atoms with Gasteiger partial charge in [0.15, 0.2) is 5.78 Å². The van der Waals surface area contributed by atoms with Crippen molar-refractivity contribution in [3.8, 4) is 0 Å². The van der Waals surface area contributed by atoms with E-state index < -0.39 is 0 Å². The van der Waals surface area contributed by atoms with E-state index >= 15 is 0 Å². The van der Waals surface area contributed by atoms with Gasteiger partial charge in [-0.05, 0) is 56.2 Å². The summed E-state index contributed by atoms with van der Waals surface area (Å²) in [6.45, 7) is 5.35. The number of carbonyl (C=O) groups is 3. The maximum atomic E-state index is 12.4. The summed E-state index contributed by atoms with van der Waals surface area (Å²) in [5, 5.41) is 2.89. The van der Waals surface area contributed by atoms with Gasteiger partial charge in [-0.2, -0.15) is 0 Å². The number of benzene rings is 2. The van der Waals surface area contributed by atoms with E-state index in [2.05, 4.69) is 10.2 Å². The van der Waals surface area contributed by atoms with Crippen LogP contribution in [0.5, 0.6) is 0 Å². The number of anilines is 3. The fourth-order valence-corrected chi connectivity index (χ4v) is 3.53. The summed E-state index contributed by atoms with van der Waals surface area (Å²) < 4.78 is 0. The molecular weight excluding hydrogens is 366 g/mol. The largest absolute Gasteiger partial charge is 0.372 e. The quantitative estimate of drug-likeness (QED) is 0.725. The smallest absolute Gasteiger partial charge is 0.226 e. The number of nitrogens with zero attached hydrogens (tertiary/aromatic N) is 2. The maximum absolute atomic E-state index is 12.4. The zero-order valence-corrected chi connectivity index (χ0v) is 17.0. The van der Waals surface area contributed by atoms with Gasteiger partial charge < -0.3 is 15.1 Å². The first-order valence-electron chi connectivity index (χ1n) is 9.98. The number of ketones is 1. The summed E-state index contributed by atoms with van der Waals surface area (Å²) in [5.41, 5.74) is 3.07. The minimum atomic E-state index is -0.173. The third-order valence-corrected chi connectivity index (χ3v) is 5.13. The van der Waals surface area contributed by atoms with Gasteiger partial charge in [-0.15, -0.1) is 0 Å². The SMILES string of the molecule is CC(=O)c1cccc(N(CCC(=O)Nc2ccc(N3CCCC3)cc2)C(C)=O)c1. The lowest BCUT2D eigenvalue weighted by Gasteiger charge is -2.21. The van der Waals surface area contributed by atoms with E-state index in [0.717, 1.165) is 18.8 Å². The van der Waals surface area contributed by atoms with Crippen molar-refractivity contribution in [3.05, 3.63) is 54.1 Å². The highest BCUT2D eigenvalue weighted by molar-refractivity contribution is 5.98. The van der Waals surface area contributed by atoms with Gasteiger partial charge in [-0.1, -0.05) is 12.1 Å². The normalized spacial score (nSPS) is 13.2. The van der Waals surface area contributed by atoms with Crippen LogP contribution >= 0.6 is 0 Å². The van der Waals surface area contributed by atoms with E-state index in [0.29, 0.717) is 11.3 Å². The molecule has 6 heteroatoms. The first-order chi connectivity index (χ1) is 13.9. The number of carbonyl (C=O) groups excluding carboxylic acids is 3. The molecule has 0 unspecified atom stereocenters. The van der Waals surface area contributed by atoms with E-state index in [9.17, 15) is 14.4 Å². The number of amides is 2. The molecule has 0 spiro atoms.